The van der Waals surface area contributed by atoms with Gasteiger partial charge in [-0.05, 0) is 81.3 Å². The molecule has 0 saturated carbocycles. The summed E-state index contributed by atoms with van der Waals surface area (Å²) in [5.41, 5.74) is 1.01. The minimum atomic E-state index is 0.699. The molecule has 116 valence electrons. The zero-order valence-electron chi connectivity index (χ0n) is 12.6. The lowest BCUT2D eigenvalue weighted by molar-refractivity contribution is 0.191. The van der Waals surface area contributed by atoms with Gasteiger partial charge in [0.15, 0.2) is 5.11 Å². The van der Waals surface area contributed by atoms with Crippen LogP contribution in [0.15, 0.2) is 28.7 Å². The van der Waals surface area contributed by atoms with E-state index >= 15 is 0 Å². The third-order valence-electron chi connectivity index (χ3n) is 3.92. The van der Waals surface area contributed by atoms with Crippen LogP contribution in [0.5, 0.6) is 0 Å². The number of hydrogen-bond acceptors (Lipinski definition) is 2. The van der Waals surface area contributed by atoms with Crippen molar-refractivity contribution in [3.8, 4) is 0 Å². The predicted molar refractivity (Wildman–Crippen MR) is 97.8 cm³/mol. The molecule has 21 heavy (non-hydrogen) atoms. The molecule has 1 aromatic carbocycles. The Hall–Kier alpha value is -0.650. The van der Waals surface area contributed by atoms with Gasteiger partial charge in [-0.25, -0.2) is 0 Å². The van der Waals surface area contributed by atoms with Gasteiger partial charge in [0.25, 0.3) is 0 Å². The molecule has 0 aliphatic carbocycles. The van der Waals surface area contributed by atoms with Crippen molar-refractivity contribution >= 4 is 38.9 Å². The third-order valence-corrected chi connectivity index (χ3v) is 4.69. The number of likely N-dealkylation sites (tertiary alicyclic amines) is 1. The maximum Gasteiger partial charge on any atom is 0.170 e. The number of nitrogens with one attached hydrogen (secondary N) is 2. The molecule has 5 heteroatoms. The molecule has 2 N–H and O–H groups in total. The lowest BCUT2D eigenvalue weighted by Gasteiger charge is -2.30. The van der Waals surface area contributed by atoms with Gasteiger partial charge < -0.3 is 15.5 Å². The summed E-state index contributed by atoms with van der Waals surface area (Å²) >= 11 is 8.73. The van der Waals surface area contributed by atoms with Crippen molar-refractivity contribution in [2.45, 2.75) is 26.2 Å². The molecule has 0 amide bonds. The van der Waals surface area contributed by atoms with Crippen molar-refractivity contribution in [2.24, 2.45) is 5.92 Å². The topological polar surface area (TPSA) is 27.3 Å². The Morgan fingerprint density at radius 1 is 1.29 bits per heavy atom. The second kappa shape index (κ2) is 8.71. The Bertz CT molecular complexity index is 441. The first-order chi connectivity index (χ1) is 10.1. The average molecular weight is 370 g/mol. The maximum absolute atomic E-state index is 5.31. The van der Waals surface area contributed by atoms with Crippen LogP contribution in [0.2, 0.25) is 0 Å². The van der Waals surface area contributed by atoms with E-state index in [0.717, 1.165) is 29.0 Å². The molecule has 1 saturated heterocycles. The van der Waals surface area contributed by atoms with Crippen LogP contribution in [0.4, 0.5) is 5.69 Å². The van der Waals surface area contributed by atoms with E-state index in [1.165, 1.54) is 32.5 Å². The standard InChI is InChI=1S/C16H24BrN3S/c1-13-7-11-20(12-8-13)10-2-9-18-16(21)19-15-5-3-14(17)4-6-15/h3-6,13H,2,7-12H2,1H3,(H2,18,19,21). The normalized spacial score (nSPS) is 16.7. The van der Waals surface area contributed by atoms with E-state index < -0.39 is 0 Å². The van der Waals surface area contributed by atoms with E-state index in [-0.39, 0.29) is 0 Å². The van der Waals surface area contributed by atoms with Gasteiger partial charge in [-0.2, -0.15) is 0 Å². The third kappa shape index (κ3) is 6.32. The van der Waals surface area contributed by atoms with Gasteiger partial charge in [-0.15, -0.1) is 0 Å². The monoisotopic (exact) mass is 369 g/mol. The smallest absolute Gasteiger partial charge is 0.170 e. The fourth-order valence-electron chi connectivity index (χ4n) is 2.50. The lowest BCUT2D eigenvalue weighted by Crippen LogP contribution is -2.36. The summed E-state index contributed by atoms with van der Waals surface area (Å²) in [6.45, 7) is 6.95. The van der Waals surface area contributed by atoms with Gasteiger partial charge in [-0.3, -0.25) is 0 Å². The van der Waals surface area contributed by atoms with Crippen molar-refractivity contribution in [2.75, 3.05) is 31.5 Å². The molecule has 0 unspecified atom stereocenters. The number of benzene rings is 1. The van der Waals surface area contributed by atoms with E-state index in [4.69, 9.17) is 12.2 Å². The van der Waals surface area contributed by atoms with E-state index in [2.05, 4.69) is 38.4 Å². The fraction of sp³-hybridized carbons (Fsp3) is 0.562. The van der Waals surface area contributed by atoms with Crippen molar-refractivity contribution in [1.29, 1.82) is 0 Å². The molecular formula is C16H24BrN3S. The summed E-state index contributed by atoms with van der Waals surface area (Å²) in [7, 11) is 0. The SMILES string of the molecule is CC1CCN(CCCNC(=S)Nc2ccc(Br)cc2)CC1. The molecule has 1 aliphatic heterocycles. The zero-order chi connectivity index (χ0) is 15.1. The molecule has 1 aliphatic rings. The Balaban J connectivity index is 1.58. The number of hydrogen-bond donors (Lipinski definition) is 2. The summed E-state index contributed by atoms with van der Waals surface area (Å²) in [6, 6.07) is 8.02. The molecule has 0 atom stereocenters. The van der Waals surface area contributed by atoms with Crippen LogP contribution in [-0.4, -0.2) is 36.2 Å². The van der Waals surface area contributed by atoms with E-state index in [9.17, 15) is 0 Å². The molecule has 1 aromatic rings. The molecule has 0 radical (unpaired) electrons. The van der Waals surface area contributed by atoms with Crippen LogP contribution in [-0.2, 0) is 0 Å². The minimum absolute atomic E-state index is 0.699. The highest BCUT2D eigenvalue weighted by molar-refractivity contribution is 9.10. The largest absolute Gasteiger partial charge is 0.362 e. The molecule has 1 fully saturated rings. The quantitative estimate of drug-likeness (QED) is 0.608. The van der Waals surface area contributed by atoms with Crippen LogP contribution in [0.3, 0.4) is 0 Å². The van der Waals surface area contributed by atoms with E-state index in [0.29, 0.717) is 5.11 Å². The van der Waals surface area contributed by atoms with Gasteiger partial charge in [0.05, 0.1) is 0 Å². The molecule has 0 aromatic heterocycles. The Labute approximate surface area is 141 Å². The number of nitrogens with zero attached hydrogens (tertiary/aromatic N) is 1. The first-order valence-corrected chi connectivity index (χ1v) is 8.86. The van der Waals surface area contributed by atoms with E-state index in [1.54, 1.807) is 0 Å². The lowest BCUT2D eigenvalue weighted by atomic mass is 9.99. The number of piperidine rings is 1. The van der Waals surface area contributed by atoms with Gasteiger partial charge in [0.1, 0.15) is 0 Å². The van der Waals surface area contributed by atoms with Crippen LogP contribution in [0.25, 0.3) is 0 Å². The van der Waals surface area contributed by atoms with Crippen molar-refractivity contribution in [3.63, 3.8) is 0 Å². The maximum atomic E-state index is 5.31. The van der Waals surface area contributed by atoms with Crippen LogP contribution >= 0.6 is 28.1 Å². The summed E-state index contributed by atoms with van der Waals surface area (Å²) in [6.07, 6.45) is 3.82. The first kappa shape index (κ1) is 16.7. The van der Waals surface area contributed by atoms with Crippen molar-refractivity contribution in [1.82, 2.24) is 10.2 Å². The van der Waals surface area contributed by atoms with Gasteiger partial charge in [0, 0.05) is 16.7 Å². The van der Waals surface area contributed by atoms with Gasteiger partial charge in [-0.1, -0.05) is 22.9 Å². The summed E-state index contributed by atoms with van der Waals surface area (Å²) in [5.74, 6) is 0.905. The molecule has 3 nitrogen and oxygen atoms in total. The molecule has 1 heterocycles. The summed E-state index contributed by atoms with van der Waals surface area (Å²) in [4.78, 5) is 2.56. The van der Waals surface area contributed by atoms with E-state index in [1.807, 2.05) is 24.3 Å². The van der Waals surface area contributed by atoms with Gasteiger partial charge >= 0.3 is 0 Å². The minimum Gasteiger partial charge on any atom is -0.362 e. The average Bonchev–Trinajstić information content (AvgIpc) is 2.48. The molecule has 0 spiro atoms. The number of anilines is 1. The van der Waals surface area contributed by atoms with Crippen LogP contribution < -0.4 is 10.6 Å². The zero-order valence-corrected chi connectivity index (χ0v) is 15.0. The van der Waals surface area contributed by atoms with Crippen molar-refractivity contribution in [3.05, 3.63) is 28.7 Å². The Morgan fingerprint density at radius 2 is 1.95 bits per heavy atom. The number of thiocarbonyl (C=S) groups is 1. The predicted octanol–water partition coefficient (Wildman–Crippen LogP) is 3.86. The highest BCUT2D eigenvalue weighted by Crippen LogP contribution is 2.16. The summed E-state index contributed by atoms with van der Waals surface area (Å²) < 4.78 is 1.07. The number of rotatable bonds is 5. The Kier molecular flexibility index (Phi) is 6.93. The fourth-order valence-corrected chi connectivity index (χ4v) is 2.98. The highest BCUT2D eigenvalue weighted by Gasteiger charge is 2.14. The van der Waals surface area contributed by atoms with Crippen molar-refractivity contribution < 1.29 is 0 Å². The highest BCUT2D eigenvalue weighted by atomic mass is 79.9. The first-order valence-electron chi connectivity index (χ1n) is 7.66. The molecule has 0 bridgehead atoms. The summed E-state index contributed by atoms with van der Waals surface area (Å²) in [5, 5.41) is 7.17. The molecule has 2 rings (SSSR count). The molecular weight excluding hydrogens is 346 g/mol. The Morgan fingerprint density at radius 3 is 2.62 bits per heavy atom. The van der Waals surface area contributed by atoms with Crippen LogP contribution in [0, 0.1) is 5.92 Å². The van der Waals surface area contributed by atoms with Gasteiger partial charge in [0.2, 0.25) is 0 Å². The number of halogens is 1. The second-order valence-electron chi connectivity index (χ2n) is 5.77. The van der Waals surface area contributed by atoms with Crippen LogP contribution in [0.1, 0.15) is 26.2 Å². The second-order valence-corrected chi connectivity index (χ2v) is 7.09.